The third kappa shape index (κ3) is 3.03. The molecule has 1 saturated heterocycles. The summed E-state index contributed by atoms with van der Waals surface area (Å²) < 4.78 is 15.7. The summed E-state index contributed by atoms with van der Waals surface area (Å²) in [5.74, 6) is 0.807. The van der Waals surface area contributed by atoms with Crippen molar-refractivity contribution in [2.45, 2.75) is 12.1 Å². The van der Waals surface area contributed by atoms with Crippen molar-refractivity contribution in [1.82, 2.24) is 10.6 Å². The summed E-state index contributed by atoms with van der Waals surface area (Å²) >= 11 is 0. The van der Waals surface area contributed by atoms with Crippen LogP contribution >= 0.6 is 0 Å². The van der Waals surface area contributed by atoms with Crippen LogP contribution in [0.5, 0.6) is 17.2 Å². The molecule has 0 radical (unpaired) electrons. The predicted octanol–water partition coefficient (Wildman–Crippen LogP) is -0.225. The molecule has 1 fully saturated rings. The molecule has 0 aliphatic carbocycles. The van der Waals surface area contributed by atoms with Gasteiger partial charge in [-0.2, -0.15) is 0 Å². The van der Waals surface area contributed by atoms with Gasteiger partial charge in [-0.25, -0.2) is 0 Å². The number of nitrogens with one attached hydrogen (secondary N) is 2. The Morgan fingerprint density at radius 2 is 1.90 bits per heavy atom. The van der Waals surface area contributed by atoms with Gasteiger partial charge >= 0.3 is 0 Å². The molecule has 0 bridgehead atoms. The lowest BCUT2D eigenvalue weighted by Gasteiger charge is -2.18. The van der Waals surface area contributed by atoms with Gasteiger partial charge < -0.3 is 30.0 Å². The van der Waals surface area contributed by atoms with Crippen LogP contribution in [0.15, 0.2) is 12.1 Å². The van der Waals surface area contributed by atoms with Crippen molar-refractivity contribution in [3.63, 3.8) is 0 Å². The summed E-state index contributed by atoms with van der Waals surface area (Å²) in [5, 5.41) is 15.5. The molecular weight excluding hydrogens is 276 g/mol. The highest BCUT2D eigenvalue weighted by Gasteiger charge is 2.28. The molecule has 1 heterocycles. The Hall–Kier alpha value is -1.99. The average Bonchev–Trinajstić information content (AvgIpc) is 2.90. The van der Waals surface area contributed by atoms with Gasteiger partial charge in [-0.1, -0.05) is 0 Å². The third-order valence-corrected chi connectivity index (χ3v) is 3.45. The van der Waals surface area contributed by atoms with Crippen LogP contribution in [0.4, 0.5) is 0 Å². The molecule has 1 amide bonds. The van der Waals surface area contributed by atoms with E-state index in [1.54, 1.807) is 12.1 Å². The number of carbonyl (C=O) groups is 1. The molecule has 2 rings (SSSR count). The largest absolute Gasteiger partial charge is 0.493 e. The fraction of sp³-hybridized carbons (Fsp3) is 0.500. The molecule has 0 aromatic heterocycles. The van der Waals surface area contributed by atoms with E-state index in [2.05, 4.69) is 10.6 Å². The minimum Gasteiger partial charge on any atom is -0.493 e. The van der Waals surface area contributed by atoms with Crippen molar-refractivity contribution >= 4 is 5.91 Å². The van der Waals surface area contributed by atoms with E-state index in [-0.39, 0.29) is 11.9 Å². The number of rotatable bonds is 5. The molecule has 1 aromatic rings. The summed E-state index contributed by atoms with van der Waals surface area (Å²) in [7, 11) is 4.45. The molecule has 7 nitrogen and oxygen atoms in total. The van der Waals surface area contributed by atoms with Crippen molar-refractivity contribution < 1.29 is 24.1 Å². The summed E-state index contributed by atoms with van der Waals surface area (Å²) in [6, 6.07) is 2.92. The summed E-state index contributed by atoms with van der Waals surface area (Å²) in [6.07, 6.45) is -0.597. The maximum Gasteiger partial charge on any atom is 0.255 e. The molecule has 2 atom stereocenters. The number of amides is 1. The number of carbonyl (C=O) groups excluding carboxylic acids is 1. The maximum absolute atomic E-state index is 12.4. The van der Waals surface area contributed by atoms with Crippen molar-refractivity contribution in [2.75, 3.05) is 34.4 Å². The fourth-order valence-corrected chi connectivity index (χ4v) is 2.34. The number of ether oxygens (including phenoxy) is 3. The lowest BCUT2D eigenvalue weighted by Crippen LogP contribution is -2.42. The van der Waals surface area contributed by atoms with Crippen LogP contribution in [0.1, 0.15) is 10.4 Å². The molecule has 7 heteroatoms. The average molecular weight is 296 g/mol. The lowest BCUT2D eigenvalue weighted by molar-refractivity contribution is 0.0885. The van der Waals surface area contributed by atoms with E-state index in [0.717, 1.165) is 0 Å². The van der Waals surface area contributed by atoms with E-state index < -0.39 is 6.10 Å². The van der Waals surface area contributed by atoms with Crippen molar-refractivity contribution in [1.29, 1.82) is 0 Å². The Morgan fingerprint density at radius 3 is 2.43 bits per heavy atom. The molecule has 0 spiro atoms. The van der Waals surface area contributed by atoms with Crippen molar-refractivity contribution in [3.05, 3.63) is 17.7 Å². The molecule has 116 valence electrons. The topological polar surface area (TPSA) is 89.1 Å². The van der Waals surface area contributed by atoms with Gasteiger partial charge in [0.25, 0.3) is 5.91 Å². The zero-order chi connectivity index (χ0) is 15.4. The number of aliphatic hydroxyl groups excluding tert-OH is 1. The van der Waals surface area contributed by atoms with Crippen molar-refractivity contribution in [2.24, 2.45) is 0 Å². The highest BCUT2D eigenvalue weighted by molar-refractivity contribution is 5.98. The predicted molar refractivity (Wildman–Crippen MR) is 76.2 cm³/mol. The van der Waals surface area contributed by atoms with E-state index in [1.165, 1.54) is 21.3 Å². The van der Waals surface area contributed by atoms with E-state index in [9.17, 15) is 9.90 Å². The molecular formula is C14H20N2O5. The second-order valence-corrected chi connectivity index (χ2v) is 4.69. The molecule has 0 saturated carbocycles. The van der Waals surface area contributed by atoms with Gasteiger partial charge in [0.1, 0.15) is 0 Å². The van der Waals surface area contributed by atoms with Gasteiger partial charge in [-0.3, -0.25) is 4.79 Å². The number of benzene rings is 1. The number of aliphatic hydroxyl groups is 1. The summed E-state index contributed by atoms with van der Waals surface area (Å²) in [4.78, 5) is 12.4. The smallest absolute Gasteiger partial charge is 0.255 e. The first-order chi connectivity index (χ1) is 10.1. The highest BCUT2D eigenvalue weighted by atomic mass is 16.5. The standard InChI is InChI=1S/C14H20N2O5/c1-19-11-5-4-8(12(20-2)13(11)21-3)14(18)16-9-6-15-7-10(9)17/h4-5,9-10,15,17H,6-7H2,1-3H3,(H,16,18)/t9-,10-/m1/s1. The second-order valence-electron chi connectivity index (χ2n) is 4.69. The zero-order valence-corrected chi connectivity index (χ0v) is 12.3. The molecule has 21 heavy (non-hydrogen) atoms. The minimum atomic E-state index is -0.597. The fourth-order valence-electron chi connectivity index (χ4n) is 2.34. The van der Waals surface area contributed by atoms with Crippen LogP contribution in [-0.4, -0.2) is 57.6 Å². The first-order valence-corrected chi connectivity index (χ1v) is 6.61. The van der Waals surface area contributed by atoms with Crippen LogP contribution in [0, 0.1) is 0 Å². The molecule has 0 unspecified atom stereocenters. The third-order valence-electron chi connectivity index (χ3n) is 3.45. The number of β-amino-alcohol motifs (C(OH)–C–C–N with tert-alkyl or cyclic N) is 1. The van der Waals surface area contributed by atoms with Crippen LogP contribution in [-0.2, 0) is 0 Å². The normalized spacial score (nSPS) is 21.0. The summed E-state index contributed by atoms with van der Waals surface area (Å²) in [6.45, 7) is 0.997. The highest BCUT2D eigenvalue weighted by Crippen LogP contribution is 2.39. The Labute approximate surface area is 123 Å². The molecule has 1 aliphatic rings. The van der Waals surface area contributed by atoms with Gasteiger partial charge in [0, 0.05) is 13.1 Å². The SMILES string of the molecule is COc1ccc(C(=O)N[C@@H]2CNC[C@H]2O)c(OC)c1OC. The first kappa shape index (κ1) is 15.4. The van der Waals surface area contributed by atoms with Crippen molar-refractivity contribution in [3.8, 4) is 17.2 Å². The first-order valence-electron chi connectivity index (χ1n) is 6.61. The Morgan fingerprint density at radius 1 is 1.19 bits per heavy atom. The van der Waals surface area contributed by atoms with Gasteiger partial charge in [0.05, 0.1) is 39.0 Å². The van der Waals surface area contributed by atoms with Gasteiger partial charge in [-0.05, 0) is 12.1 Å². The van der Waals surface area contributed by atoms with Gasteiger partial charge in [0.2, 0.25) is 5.75 Å². The van der Waals surface area contributed by atoms with E-state index in [4.69, 9.17) is 14.2 Å². The van der Waals surface area contributed by atoms with Gasteiger partial charge in [-0.15, -0.1) is 0 Å². The molecule has 1 aromatic carbocycles. The minimum absolute atomic E-state index is 0.301. The Bertz CT molecular complexity index is 520. The second kappa shape index (κ2) is 6.64. The number of hydrogen-bond acceptors (Lipinski definition) is 6. The molecule has 1 aliphatic heterocycles. The Kier molecular flexibility index (Phi) is 4.87. The number of hydrogen-bond donors (Lipinski definition) is 3. The van der Waals surface area contributed by atoms with Crippen LogP contribution in [0.25, 0.3) is 0 Å². The Balaban J connectivity index is 2.28. The van der Waals surface area contributed by atoms with Crippen LogP contribution in [0.3, 0.4) is 0 Å². The van der Waals surface area contributed by atoms with E-state index >= 15 is 0 Å². The van der Waals surface area contributed by atoms with E-state index in [1.807, 2.05) is 0 Å². The monoisotopic (exact) mass is 296 g/mol. The number of methoxy groups -OCH3 is 3. The maximum atomic E-state index is 12.4. The summed E-state index contributed by atoms with van der Waals surface area (Å²) in [5.41, 5.74) is 0.328. The van der Waals surface area contributed by atoms with E-state index in [0.29, 0.717) is 35.9 Å². The van der Waals surface area contributed by atoms with Crippen LogP contribution in [0.2, 0.25) is 0 Å². The van der Waals surface area contributed by atoms with Gasteiger partial charge in [0.15, 0.2) is 11.5 Å². The zero-order valence-electron chi connectivity index (χ0n) is 12.3. The quantitative estimate of drug-likeness (QED) is 0.696. The molecule has 3 N–H and O–H groups in total. The van der Waals surface area contributed by atoms with Crippen LogP contribution < -0.4 is 24.8 Å². The lowest BCUT2D eigenvalue weighted by atomic mass is 10.1.